The lowest BCUT2D eigenvalue weighted by Gasteiger charge is -2.19. The van der Waals surface area contributed by atoms with Crippen LogP contribution in [-0.4, -0.2) is 14.0 Å². The summed E-state index contributed by atoms with van der Waals surface area (Å²) in [5.41, 5.74) is -0.444. The Morgan fingerprint density at radius 1 is 1.25 bits per heavy atom. The quantitative estimate of drug-likeness (QED) is 0.909. The van der Waals surface area contributed by atoms with Crippen molar-refractivity contribution >= 4 is 21.4 Å². The number of sulfonamides is 1. The summed E-state index contributed by atoms with van der Waals surface area (Å²) in [6.45, 7) is 9.61. The van der Waals surface area contributed by atoms with Crippen LogP contribution >= 0.6 is 11.3 Å². The highest BCUT2D eigenvalue weighted by molar-refractivity contribution is 7.91. The van der Waals surface area contributed by atoms with Crippen LogP contribution in [0.1, 0.15) is 45.4 Å². The summed E-state index contributed by atoms with van der Waals surface area (Å²) >= 11 is 1.34. The Balaban J connectivity index is 3.00. The highest BCUT2D eigenvalue weighted by Gasteiger charge is 2.23. The Morgan fingerprint density at radius 3 is 2.19 bits per heavy atom. The fraction of sp³-hybridized carbons (Fsp3) is 0.636. The van der Waals surface area contributed by atoms with Crippen molar-refractivity contribution in [1.82, 2.24) is 4.72 Å². The smallest absolute Gasteiger partial charge is 0.206 e. The van der Waals surface area contributed by atoms with Gasteiger partial charge >= 0.3 is 0 Å². The van der Waals surface area contributed by atoms with E-state index in [1.165, 1.54) is 11.3 Å². The van der Waals surface area contributed by atoms with Crippen molar-refractivity contribution in [2.24, 2.45) is 0 Å². The summed E-state index contributed by atoms with van der Waals surface area (Å²) < 4.78 is 27.0. The molecule has 0 saturated heterocycles. The van der Waals surface area contributed by atoms with Gasteiger partial charge in [0.25, 0.3) is 10.0 Å². The maximum absolute atomic E-state index is 12.0. The molecule has 1 N–H and O–H groups in total. The number of thiophene rings is 1. The Morgan fingerprint density at radius 2 is 1.81 bits per heavy atom. The molecule has 0 aliphatic heterocycles. The molecule has 0 unspecified atom stereocenters. The Kier molecular flexibility index (Phi) is 3.82. The molecule has 5 heteroatoms. The van der Waals surface area contributed by atoms with Crippen LogP contribution in [0.25, 0.3) is 0 Å². The molecule has 0 saturated carbocycles. The Hall–Kier alpha value is -0.390. The molecule has 0 fully saturated rings. The monoisotopic (exact) mass is 261 g/mol. The lowest BCUT2D eigenvalue weighted by Crippen LogP contribution is -2.40. The first-order chi connectivity index (χ1) is 7.12. The molecular formula is C11H19NO2S2. The van der Waals surface area contributed by atoms with E-state index in [0.717, 1.165) is 4.88 Å². The molecular weight excluding hydrogens is 242 g/mol. The zero-order valence-corrected chi connectivity index (χ0v) is 12.0. The Labute approximate surface area is 102 Å². The number of hydrogen-bond donors (Lipinski definition) is 1. The van der Waals surface area contributed by atoms with E-state index in [4.69, 9.17) is 0 Å². The molecule has 1 rings (SSSR count). The summed E-state index contributed by atoms with van der Waals surface area (Å²) in [7, 11) is -3.36. The first-order valence-electron chi connectivity index (χ1n) is 5.25. The van der Waals surface area contributed by atoms with E-state index in [0.29, 0.717) is 10.1 Å². The van der Waals surface area contributed by atoms with Crippen LogP contribution in [0.3, 0.4) is 0 Å². The standard InChI is InChI=1S/C11H19NO2S2/c1-8(2)9-6-7-10(15-9)16(13,14)12-11(3,4)5/h6-8,12H,1-5H3. The summed E-state index contributed by atoms with van der Waals surface area (Å²) in [5, 5.41) is 0. The fourth-order valence-corrected chi connectivity index (χ4v) is 3.99. The van der Waals surface area contributed by atoms with Gasteiger partial charge in [-0.1, -0.05) is 13.8 Å². The molecule has 0 aromatic carbocycles. The van der Waals surface area contributed by atoms with Crippen molar-refractivity contribution in [1.29, 1.82) is 0 Å². The Bertz CT molecular complexity index is 453. The van der Waals surface area contributed by atoms with E-state index in [-0.39, 0.29) is 0 Å². The van der Waals surface area contributed by atoms with Crippen LogP contribution < -0.4 is 4.72 Å². The summed E-state index contributed by atoms with van der Waals surface area (Å²) in [6, 6.07) is 3.56. The fourth-order valence-electron chi connectivity index (χ4n) is 1.24. The van der Waals surface area contributed by atoms with Gasteiger partial charge in [0.1, 0.15) is 4.21 Å². The molecule has 3 nitrogen and oxygen atoms in total. The summed E-state index contributed by atoms with van der Waals surface area (Å²) in [6.07, 6.45) is 0. The van der Waals surface area contributed by atoms with Crippen LogP contribution in [0.2, 0.25) is 0 Å². The number of nitrogens with one attached hydrogen (secondary N) is 1. The van der Waals surface area contributed by atoms with Gasteiger partial charge in [-0.2, -0.15) is 0 Å². The van der Waals surface area contributed by atoms with Gasteiger partial charge in [-0.05, 0) is 38.8 Å². The van der Waals surface area contributed by atoms with E-state index in [2.05, 4.69) is 18.6 Å². The largest absolute Gasteiger partial charge is 0.250 e. The van der Waals surface area contributed by atoms with Crippen molar-refractivity contribution in [2.45, 2.75) is 50.3 Å². The zero-order valence-electron chi connectivity index (χ0n) is 10.4. The van der Waals surface area contributed by atoms with E-state index in [1.807, 2.05) is 26.8 Å². The molecule has 0 atom stereocenters. The molecule has 0 aliphatic carbocycles. The average Bonchev–Trinajstić information content (AvgIpc) is 2.46. The topological polar surface area (TPSA) is 46.2 Å². The van der Waals surface area contributed by atoms with Gasteiger partial charge in [0.05, 0.1) is 0 Å². The van der Waals surface area contributed by atoms with Gasteiger partial charge in [0.15, 0.2) is 0 Å². The van der Waals surface area contributed by atoms with Gasteiger partial charge in [-0.15, -0.1) is 11.3 Å². The molecule has 1 aromatic heterocycles. The van der Waals surface area contributed by atoms with Gasteiger partial charge < -0.3 is 0 Å². The second-order valence-electron chi connectivity index (χ2n) is 5.17. The lowest BCUT2D eigenvalue weighted by molar-refractivity contribution is 0.492. The van der Waals surface area contributed by atoms with Crippen LogP contribution in [-0.2, 0) is 10.0 Å². The summed E-state index contributed by atoms with van der Waals surface area (Å²) in [4.78, 5) is 1.09. The van der Waals surface area contributed by atoms with Crippen LogP contribution in [0.15, 0.2) is 16.3 Å². The van der Waals surface area contributed by atoms with E-state index in [1.54, 1.807) is 6.07 Å². The van der Waals surface area contributed by atoms with E-state index >= 15 is 0 Å². The molecule has 1 heterocycles. The highest BCUT2D eigenvalue weighted by Crippen LogP contribution is 2.27. The van der Waals surface area contributed by atoms with Crippen molar-refractivity contribution < 1.29 is 8.42 Å². The SMILES string of the molecule is CC(C)c1ccc(S(=O)(=O)NC(C)(C)C)s1. The summed E-state index contributed by atoms with van der Waals surface area (Å²) in [5.74, 6) is 0.364. The second kappa shape index (κ2) is 4.47. The minimum absolute atomic E-state index is 0.364. The molecule has 92 valence electrons. The van der Waals surface area contributed by atoms with Gasteiger partial charge in [-0.25, -0.2) is 13.1 Å². The molecule has 0 radical (unpaired) electrons. The number of hydrogen-bond acceptors (Lipinski definition) is 3. The maximum atomic E-state index is 12.0. The van der Waals surface area contributed by atoms with E-state index in [9.17, 15) is 8.42 Å². The first-order valence-corrected chi connectivity index (χ1v) is 7.55. The third-order valence-electron chi connectivity index (χ3n) is 1.88. The van der Waals surface area contributed by atoms with E-state index < -0.39 is 15.6 Å². The van der Waals surface area contributed by atoms with Crippen molar-refractivity contribution in [2.75, 3.05) is 0 Å². The van der Waals surface area contributed by atoms with Gasteiger partial charge in [0.2, 0.25) is 0 Å². The van der Waals surface area contributed by atoms with Gasteiger partial charge in [0, 0.05) is 10.4 Å². The van der Waals surface area contributed by atoms with Crippen LogP contribution in [0.5, 0.6) is 0 Å². The van der Waals surface area contributed by atoms with Crippen LogP contribution in [0, 0.1) is 0 Å². The highest BCUT2D eigenvalue weighted by atomic mass is 32.2. The molecule has 0 spiro atoms. The molecule has 16 heavy (non-hydrogen) atoms. The molecule has 1 aromatic rings. The molecule has 0 bridgehead atoms. The zero-order chi connectivity index (χ0) is 12.6. The molecule has 0 aliphatic rings. The normalized spacial score (nSPS) is 13.4. The minimum atomic E-state index is -3.36. The first kappa shape index (κ1) is 13.7. The third kappa shape index (κ3) is 3.57. The second-order valence-corrected chi connectivity index (χ2v) is 8.19. The lowest BCUT2D eigenvalue weighted by atomic mass is 10.1. The minimum Gasteiger partial charge on any atom is -0.206 e. The average molecular weight is 261 g/mol. The van der Waals surface area contributed by atoms with Crippen molar-refractivity contribution in [3.8, 4) is 0 Å². The van der Waals surface area contributed by atoms with Crippen molar-refractivity contribution in [3.05, 3.63) is 17.0 Å². The maximum Gasteiger partial charge on any atom is 0.250 e. The third-order valence-corrected chi connectivity index (χ3v) is 5.51. The predicted molar refractivity (Wildman–Crippen MR) is 68.5 cm³/mol. The molecule has 0 amide bonds. The number of rotatable bonds is 3. The van der Waals surface area contributed by atoms with Gasteiger partial charge in [-0.3, -0.25) is 0 Å². The van der Waals surface area contributed by atoms with Crippen molar-refractivity contribution in [3.63, 3.8) is 0 Å². The van der Waals surface area contributed by atoms with Crippen LogP contribution in [0.4, 0.5) is 0 Å². The predicted octanol–water partition coefficient (Wildman–Crippen LogP) is 2.95.